The van der Waals surface area contributed by atoms with Gasteiger partial charge in [-0.1, -0.05) is 51.3 Å². The Kier molecular flexibility index (Phi) is 9.51. The second kappa shape index (κ2) is 13.3. The predicted molar refractivity (Wildman–Crippen MR) is 167 cm³/mol. The summed E-state index contributed by atoms with van der Waals surface area (Å²) in [5.41, 5.74) is 2.62. The number of benzene rings is 1. The maximum absolute atomic E-state index is 13.4. The molecule has 2 unspecified atom stereocenters. The first-order valence-corrected chi connectivity index (χ1v) is 15.6. The number of carbonyl (C=O) groups is 2. The van der Waals surface area contributed by atoms with Gasteiger partial charge in [0.1, 0.15) is 5.75 Å². The van der Waals surface area contributed by atoms with Gasteiger partial charge in [0.2, 0.25) is 11.9 Å². The number of nitrogens with zero attached hydrogens (tertiary/aromatic N) is 4. The van der Waals surface area contributed by atoms with E-state index in [1.54, 1.807) is 18.3 Å². The lowest BCUT2D eigenvalue weighted by atomic mass is 9.86. The molecule has 224 valence electrons. The van der Waals surface area contributed by atoms with Gasteiger partial charge in [0.25, 0.3) is 5.91 Å². The second-order valence-electron chi connectivity index (χ2n) is 12.2. The van der Waals surface area contributed by atoms with Gasteiger partial charge in [-0.2, -0.15) is 0 Å². The number of anilines is 1. The number of imidazole rings is 1. The van der Waals surface area contributed by atoms with Crippen LogP contribution in [0.15, 0.2) is 43.1 Å². The van der Waals surface area contributed by atoms with Crippen molar-refractivity contribution in [1.82, 2.24) is 19.4 Å². The van der Waals surface area contributed by atoms with Crippen molar-refractivity contribution in [1.29, 1.82) is 0 Å². The number of fused-ring (bicyclic) bond motifs is 1. The number of hydrogen-bond donors (Lipinski definition) is 1. The molecule has 3 atom stereocenters. The van der Waals surface area contributed by atoms with Gasteiger partial charge < -0.3 is 14.2 Å². The van der Waals surface area contributed by atoms with Crippen molar-refractivity contribution in [3.8, 4) is 5.75 Å². The van der Waals surface area contributed by atoms with Crippen molar-refractivity contribution in [2.45, 2.75) is 84.3 Å². The zero-order valence-electron chi connectivity index (χ0n) is 24.9. The molecule has 8 nitrogen and oxygen atoms in total. The summed E-state index contributed by atoms with van der Waals surface area (Å²) in [6, 6.07) is 7.10. The van der Waals surface area contributed by atoms with Gasteiger partial charge in [0, 0.05) is 42.7 Å². The molecule has 1 aliphatic heterocycles. The van der Waals surface area contributed by atoms with Gasteiger partial charge in [-0.05, 0) is 69.1 Å². The van der Waals surface area contributed by atoms with Crippen LogP contribution in [0.3, 0.4) is 0 Å². The Hall–Kier alpha value is -3.39. The van der Waals surface area contributed by atoms with E-state index >= 15 is 0 Å². The maximum Gasteiger partial charge on any atom is 0.258 e. The summed E-state index contributed by atoms with van der Waals surface area (Å²) in [5.74, 6) is 1.92. The lowest BCUT2D eigenvalue weighted by Crippen LogP contribution is -2.34. The van der Waals surface area contributed by atoms with Crippen molar-refractivity contribution < 1.29 is 14.3 Å². The summed E-state index contributed by atoms with van der Waals surface area (Å²) < 4.78 is 8.57. The first-order chi connectivity index (χ1) is 20.2. The van der Waals surface area contributed by atoms with Gasteiger partial charge in [-0.3, -0.25) is 19.9 Å². The molecule has 0 radical (unpaired) electrons. The average molecular weight is 592 g/mol. The third-order valence-electron chi connectivity index (χ3n) is 8.62. The van der Waals surface area contributed by atoms with Crippen LogP contribution in [-0.4, -0.2) is 50.4 Å². The number of likely N-dealkylation sites (tertiary alicyclic amines) is 1. The predicted octanol–water partition coefficient (Wildman–Crippen LogP) is 7.37. The quantitative estimate of drug-likeness (QED) is 0.302. The normalized spacial score (nSPS) is 23.5. The summed E-state index contributed by atoms with van der Waals surface area (Å²) in [7, 11) is 0. The number of nitrogens with one attached hydrogen (secondary N) is 1. The smallest absolute Gasteiger partial charge is 0.258 e. The maximum atomic E-state index is 13.4. The third kappa shape index (κ3) is 6.97. The minimum atomic E-state index is -0.283. The molecule has 0 spiro atoms. The number of pyridine rings is 1. The minimum Gasteiger partial charge on any atom is -0.490 e. The Morgan fingerprint density at radius 1 is 1.10 bits per heavy atom. The van der Waals surface area contributed by atoms with Crippen molar-refractivity contribution in [3.05, 3.63) is 59.4 Å². The first-order valence-electron chi connectivity index (χ1n) is 15.2. The Labute approximate surface area is 253 Å². The Balaban J connectivity index is 1.53. The van der Waals surface area contributed by atoms with Crippen molar-refractivity contribution in [2.75, 3.05) is 18.4 Å². The monoisotopic (exact) mass is 591 g/mol. The molecule has 2 aliphatic rings. The largest absolute Gasteiger partial charge is 0.490 e. The van der Waals surface area contributed by atoms with Crippen molar-refractivity contribution in [2.24, 2.45) is 11.8 Å². The number of aryl methyl sites for hydroxylation is 1. The highest BCUT2D eigenvalue weighted by atomic mass is 35.5. The molecule has 3 aromatic rings. The number of aromatic nitrogens is 3. The summed E-state index contributed by atoms with van der Waals surface area (Å²) in [5, 5.41) is 3.54. The third-order valence-corrected chi connectivity index (χ3v) is 8.91. The fraction of sp³-hybridized carbons (Fsp3) is 0.515. The summed E-state index contributed by atoms with van der Waals surface area (Å²) in [6.45, 7) is 11.3. The highest BCUT2D eigenvalue weighted by molar-refractivity contribution is 6.35. The van der Waals surface area contributed by atoms with Crippen LogP contribution in [0.1, 0.15) is 87.3 Å². The highest BCUT2D eigenvalue weighted by Gasteiger charge is 2.29. The molecule has 1 N–H and O–H groups in total. The fourth-order valence-corrected chi connectivity index (χ4v) is 6.82. The van der Waals surface area contributed by atoms with Crippen LogP contribution in [0.5, 0.6) is 5.75 Å². The number of rotatable bonds is 6. The van der Waals surface area contributed by atoms with Gasteiger partial charge in [0.05, 0.1) is 28.2 Å². The number of ether oxygens (including phenoxy) is 1. The molecule has 5 rings (SSSR count). The van der Waals surface area contributed by atoms with Crippen LogP contribution in [0.4, 0.5) is 5.95 Å². The molecule has 42 heavy (non-hydrogen) atoms. The summed E-state index contributed by atoms with van der Waals surface area (Å²) in [6.07, 6.45) is 11.5. The first kappa shape index (κ1) is 30.1. The van der Waals surface area contributed by atoms with Gasteiger partial charge in [-0.15, -0.1) is 0 Å². The van der Waals surface area contributed by atoms with Crippen LogP contribution in [-0.2, 0) is 4.79 Å². The van der Waals surface area contributed by atoms with E-state index in [0.717, 1.165) is 43.3 Å². The van der Waals surface area contributed by atoms with E-state index in [2.05, 4.69) is 30.7 Å². The Morgan fingerprint density at radius 2 is 1.86 bits per heavy atom. The average Bonchev–Trinajstić information content (AvgIpc) is 3.12. The highest BCUT2D eigenvalue weighted by Crippen LogP contribution is 2.38. The molecule has 1 aromatic carbocycles. The molecule has 1 aliphatic carbocycles. The minimum absolute atomic E-state index is 0.103. The number of hydrogen-bond acceptors (Lipinski definition) is 5. The molecule has 9 heteroatoms. The number of halogens is 1. The molecular formula is C33H42ClN5O3. The molecule has 2 aromatic heterocycles. The van der Waals surface area contributed by atoms with Crippen LogP contribution in [0.2, 0.25) is 5.02 Å². The summed E-state index contributed by atoms with van der Waals surface area (Å²) >= 11 is 7.02. The van der Waals surface area contributed by atoms with Crippen LogP contribution in [0.25, 0.3) is 11.0 Å². The van der Waals surface area contributed by atoms with Gasteiger partial charge >= 0.3 is 0 Å². The molecule has 1 saturated heterocycles. The molecule has 0 bridgehead atoms. The van der Waals surface area contributed by atoms with E-state index in [0.29, 0.717) is 52.7 Å². The van der Waals surface area contributed by atoms with Gasteiger partial charge in [-0.25, -0.2) is 4.98 Å². The zero-order valence-corrected chi connectivity index (χ0v) is 25.7. The second-order valence-corrected chi connectivity index (χ2v) is 12.6. The van der Waals surface area contributed by atoms with E-state index in [1.165, 1.54) is 25.3 Å². The Bertz CT molecular complexity index is 1440. The van der Waals surface area contributed by atoms with Crippen LogP contribution < -0.4 is 10.1 Å². The molecule has 1 saturated carbocycles. The molecular weight excluding hydrogens is 550 g/mol. The zero-order chi connectivity index (χ0) is 29.8. The topological polar surface area (TPSA) is 89.4 Å². The molecule has 2 amide bonds. The lowest BCUT2D eigenvalue weighted by Gasteiger charge is -2.28. The van der Waals surface area contributed by atoms with Gasteiger partial charge in [0.15, 0.2) is 0 Å². The standard InChI is InChI=1S/C33H42ClN5O3/c1-5-30(40)38-14-7-6-11-25(20-38)39-31-28(34)18-27(42-26-15-21(2)9-8-10-22(3)16-26)19-29(31)36-33(39)37-32(41)24-12-13-35-23(4)17-24/h5,12-13,17-19,21-22,25-26H,1,6-11,14-16,20H2,2-4H3,(H,36,37,41)/t21?,22?,25-,26?/m1/s1. The van der Waals surface area contributed by atoms with Crippen molar-refractivity contribution in [3.63, 3.8) is 0 Å². The summed E-state index contributed by atoms with van der Waals surface area (Å²) in [4.78, 5) is 36.9. The van der Waals surface area contributed by atoms with E-state index in [-0.39, 0.29) is 24.0 Å². The van der Waals surface area contributed by atoms with Crippen LogP contribution in [0, 0.1) is 18.8 Å². The lowest BCUT2D eigenvalue weighted by molar-refractivity contribution is -0.126. The van der Waals surface area contributed by atoms with Crippen LogP contribution >= 0.6 is 11.6 Å². The van der Waals surface area contributed by atoms with E-state index in [9.17, 15) is 9.59 Å². The van der Waals surface area contributed by atoms with Crippen molar-refractivity contribution >= 4 is 40.4 Å². The fourth-order valence-electron chi connectivity index (χ4n) is 6.52. The van der Waals surface area contributed by atoms with E-state index in [1.807, 2.05) is 28.5 Å². The molecule has 2 fully saturated rings. The van der Waals surface area contributed by atoms with E-state index < -0.39 is 0 Å². The number of amides is 2. The van der Waals surface area contributed by atoms with E-state index in [4.69, 9.17) is 21.3 Å². The Morgan fingerprint density at radius 3 is 2.57 bits per heavy atom. The SMILES string of the molecule is C=CC(=O)N1CCCC[C@@H](n2c(NC(=O)c3ccnc(C)c3)nc3cc(OC4CC(C)CCCC(C)C4)cc(Cl)c32)C1. The molecule has 3 heterocycles. The number of carbonyl (C=O) groups excluding carboxylic acids is 2.